The molecule has 2 bridgehead atoms. The molecule has 6 aliphatic rings. The third-order valence-electron chi connectivity index (χ3n) is 8.19. The van der Waals surface area contributed by atoms with Gasteiger partial charge in [-0.05, 0) is 30.7 Å². The van der Waals surface area contributed by atoms with Gasteiger partial charge in [0.25, 0.3) is 0 Å². The summed E-state index contributed by atoms with van der Waals surface area (Å²) in [5.74, 6) is -2.31. The number of rotatable bonds is 1. The van der Waals surface area contributed by atoms with E-state index in [9.17, 15) is 19.5 Å². The quantitative estimate of drug-likeness (QED) is 0.521. The van der Waals surface area contributed by atoms with E-state index in [4.69, 9.17) is 0 Å². The van der Waals surface area contributed by atoms with Crippen LogP contribution < -0.4 is 10.2 Å². The number of aromatic nitrogens is 1. The summed E-state index contributed by atoms with van der Waals surface area (Å²) in [5.41, 5.74) is -1.66. The van der Waals surface area contributed by atoms with Crippen molar-refractivity contribution >= 4 is 23.4 Å². The van der Waals surface area contributed by atoms with Crippen molar-refractivity contribution in [1.29, 1.82) is 0 Å². The number of pyridine rings is 1. The highest BCUT2D eigenvalue weighted by Gasteiger charge is 2.80. The number of carbonyl (C=O) groups is 3. The van der Waals surface area contributed by atoms with Gasteiger partial charge in [0, 0.05) is 36.2 Å². The van der Waals surface area contributed by atoms with Crippen molar-refractivity contribution < 1.29 is 19.5 Å². The van der Waals surface area contributed by atoms with Crippen molar-refractivity contribution in [2.75, 3.05) is 4.90 Å². The lowest BCUT2D eigenvalue weighted by Gasteiger charge is -2.68. The zero-order chi connectivity index (χ0) is 22.0. The van der Waals surface area contributed by atoms with Gasteiger partial charge in [0.15, 0.2) is 0 Å². The number of hydrogen-bond donors (Lipinski definition) is 2. The van der Waals surface area contributed by atoms with Gasteiger partial charge in [-0.3, -0.25) is 29.2 Å². The molecule has 1 aromatic carbocycles. The summed E-state index contributed by atoms with van der Waals surface area (Å²) in [7, 11) is 0. The van der Waals surface area contributed by atoms with Crippen LogP contribution in [0.1, 0.15) is 30.5 Å². The van der Waals surface area contributed by atoms with E-state index >= 15 is 0 Å². The number of nitrogens with one attached hydrogen (secondary N) is 1. The number of benzene rings is 1. The molecule has 5 aliphatic heterocycles. The van der Waals surface area contributed by atoms with Crippen molar-refractivity contribution in [3.8, 4) is 0 Å². The molecule has 1 aliphatic carbocycles. The maximum Gasteiger partial charge on any atom is 0.318 e. The van der Waals surface area contributed by atoms with E-state index in [2.05, 4.69) is 10.3 Å². The molecule has 6 atom stereocenters. The molecule has 0 radical (unpaired) electrons. The summed E-state index contributed by atoms with van der Waals surface area (Å²) in [5, 5.41) is 15.1. The summed E-state index contributed by atoms with van der Waals surface area (Å²) < 4.78 is 0. The highest BCUT2D eigenvalue weighted by Crippen LogP contribution is 2.68. The van der Waals surface area contributed by atoms with Crippen LogP contribution in [-0.4, -0.2) is 43.9 Å². The molecule has 3 amide bonds. The summed E-state index contributed by atoms with van der Waals surface area (Å²) in [6, 6.07) is 10.2. The van der Waals surface area contributed by atoms with Crippen LogP contribution in [0.3, 0.4) is 0 Å². The molecule has 32 heavy (non-hydrogen) atoms. The number of anilines is 1. The first-order valence-electron chi connectivity index (χ1n) is 10.7. The smallest absolute Gasteiger partial charge is 0.318 e. The van der Waals surface area contributed by atoms with Crippen LogP contribution in [0.4, 0.5) is 5.69 Å². The Morgan fingerprint density at radius 2 is 1.91 bits per heavy atom. The fraction of sp³-hybridized carbons (Fsp3) is 0.333. The van der Waals surface area contributed by atoms with E-state index in [-0.39, 0.29) is 18.2 Å². The maximum atomic E-state index is 13.6. The number of fused-ring (bicyclic) bond motifs is 2. The van der Waals surface area contributed by atoms with E-state index in [1.54, 1.807) is 53.4 Å². The molecular formula is C24H20N4O4. The van der Waals surface area contributed by atoms with Crippen molar-refractivity contribution in [2.45, 2.75) is 36.2 Å². The third-order valence-corrected chi connectivity index (χ3v) is 8.19. The molecule has 0 unspecified atom stereocenters. The monoisotopic (exact) mass is 428 g/mol. The van der Waals surface area contributed by atoms with Crippen molar-refractivity contribution in [3.05, 3.63) is 72.1 Å². The van der Waals surface area contributed by atoms with Gasteiger partial charge < -0.3 is 10.4 Å². The van der Waals surface area contributed by atoms with Crippen molar-refractivity contribution in [2.24, 2.45) is 11.8 Å². The zero-order valence-electron chi connectivity index (χ0n) is 17.2. The Kier molecular flexibility index (Phi) is 2.98. The molecular weight excluding hydrogens is 408 g/mol. The van der Waals surface area contributed by atoms with E-state index < -0.39 is 40.6 Å². The van der Waals surface area contributed by atoms with Crippen molar-refractivity contribution in [1.82, 2.24) is 15.2 Å². The van der Waals surface area contributed by atoms with Crippen LogP contribution in [0.2, 0.25) is 0 Å². The predicted molar refractivity (Wildman–Crippen MR) is 112 cm³/mol. The molecule has 3 fully saturated rings. The van der Waals surface area contributed by atoms with E-state index in [1.807, 2.05) is 24.3 Å². The summed E-state index contributed by atoms with van der Waals surface area (Å²) in [6.45, 7) is 1.73. The van der Waals surface area contributed by atoms with Gasteiger partial charge in [0.1, 0.15) is 5.66 Å². The van der Waals surface area contributed by atoms with Gasteiger partial charge in [0.2, 0.25) is 5.91 Å². The Bertz CT molecular complexity index is 1270. The minimum absolute atomic E-state index is 0.133. The molecule has 160 valence electrons. The van der Waals surface area contributed by atoms with Gasteiger partial charge in [-0.25, -0.2) is 0 Å². The number of carbonyl (C=O) groups excluding carboxylic acids is 3. The Labute approximate surface area is 183 Å². The molecule has 2 N–H and O–H groups in total. The summed E-state index contributed by atoms with van der Waals surface area (Å²) in [4.78, 5) is 47.3. The minimum atomic E-state index is -1.37. The second-order valence-electron chi connectivity index (χ2n) is 9.56. The first-order valence-corrected chi connectivity index (χ1v) is 10.7. The van der Waals surface area contributed by atoms with Crippen LogP contribution >= 0.6 is 0 Å². The average molecular weight is 428 g/mol. The SMILES string of the molecule is C[C@@]1(O)c2ccccc2N2C(=O)C(=O)N3[C@H](c4cccnc4)[C@@]45C=C[C@@]23[C@H]1[C@@H]4CC(=O)N5. The van der Waals surface area contributed by atoms with E-state index in [0.29, 0.717) is 11.3 Å². The lowest BCUT2D eigenvalue weighted by atomic mass is 9.51. The fourth-order valence-electron chi connectivity index (χ4n) is 7.28. The Morgan fingerprint density at radius 3 is 2.69 bits per heavy atom. The molecule has 0 saturated carbocycles. The average Bonchev–Trinajstić information content (AvgIpc) is 3.24. The number of nitrogens with zero attached hydrogens (tertiary/aromatic N) is 3. The predicted octanol–water partition coefficient (Wildman–Crippen LogP) is 0.990. The molecule has 2 spiro atoms. The Balaban J connectivity index is 1.61. The zero-order valence-corrected chi connectivity index (χ0v) is 17.2. The van der Waals surface area contributed by atoms with Crippen LogP contribution in [-0.2, 0) is 20.0 Å². The number of para-hydroxylation sites is 1. The lowest BCUT2D eigenvalue weighted by Crippen LogP contribution is -2.79. The first kappa shape index (κ1) is 18.1. The minimum Gasteiger partial charge on any atom is -0.385 e. The molecule has 8 rings (SSSR count). The Morgan fingerprint density at radius 1 is 1.09 bits per heavy atom. The van der Waals surface area contributed by atoms with Gasteiger partial charge >= 0.3 is 11.8 Å². The molecule has 2 aromatic rings. The fourth-order valence-corrected chi connectivity index (χ4v) is 7.28. The van der Waals surface area contributed by atoms with Gasteiger partial charge in [0.05, 0.1) is 22.9 Å². The molecule has 8 heteroatoms. The second-order valence-corrected chi connectivity index (χ2v) is 9.56. The first-order chi connectivity index (χ1) is 15.3. The molecule has 1 aromatic heterocycles. The molecule has 8 nitrogen and oxygen atoms in total. The normalized spacial score (nSPS) is 40.3. The number of hydrogen-bond acceptors (Lipinski definition) is 5. The lowest BCUT2D eigenvalue weighted by molar-refractivity contribution is -0.175. The largest absolute Gasteiger partial charge is 0.385 e. The van der Waals surface area contributed by atoms with E-state index in [1.165, 1.54) is 0 Å². The third kappa shape index (κ3) is 1.67. The molecule has 3 saturated heterocycles. The number of amides is 3. The summed E-state index contributed by atoms with van der Waals surface area (Å²) in [6.07, 6.45) is 7.32. The Hall–Kier alpha value is -3.52. The highest BCUT2D eigenvalue weighted by atomic mass is 16.3. The number of aliphatic hydroxyl groups is 1. The summed E-state index contributed by atoms with van der Waals surface area (Å²) >= 11 is 0. The van der Waals surface area contributed by atoms with Gasteiger partial charge in [-0.1, -0.05) is 30.3 Å². The van der Waals surface area contributed by atoms with Crippen molar-refractivity contribution in [3.63, 3.8) is 0 Å². The van der Waals surface area contributed by atoms with Gasteiger partial charge in [-0.2, -0.15) is 0 Å². The van der Waals surface area contributed by atoms with Crippen LogP contribution in [0.15, 0.2) is 60.9 Å². The molecule has 6 heterocycles. The standard InChI is InChI=1S/C24H20N4O4/c1-22(32)14-6-2-3-7-16(14)27-20(30)21(31)28-19(13-5-4-10-25-12-13)23-8-9-24(27,28)18(22)15(23)11-17(29)26-23/h2-10,12,15,18-19,32H,11H2,1H3,(H,26,29)/t15-,18-,19+,22+,23+,24+/m0/s1. The van der Waals surface area contributed by atoms with Gasteiger partial charge in [-0.15, -0.1) is 0 Å². The second kappa shape index (κ2) is 5.27. The maximum absolute atomic E-state index is 13.6. The number of piperidine rings is 1. The van der Waals surface area contributed by atoms with E-state index in [0.717, 1.165) is 5.56 Å². The highest BCUT2D eigenvalue weighted by molar-refractivity contribution is 6.44. The topological polar surface area (TPSA) is 103 Å². The van der Waals surface area contributed by atoms with Crippen LogP contribution in [0.5, 0.6) is 0 Å². The van der Waals surface area contributed by atoms with Crippen LogP contribution in [0.25, 0.3) is 0 Å². The van der Waals surface area contributed by atoms with Crippen LogP contribution in [0, 0.1) is 11.8 Å².